The Kier molecular flexibility index (Phi) is 5.01. The number of halogens is 1. The van der Waals surface area contributed by atoms with E-state index in [4.69, 9.17) is 0 Å². The van der Waals surface area contributed by atoms with Gasteiger partial charge in [0, 0.05) is 30.1 Å². The molecule has 0 bridgehead atoms. The molecule has 2 fully saturated rings. The van der Waals surface area contributed by atoms with Crippen molar-refractivity contribution < 1.29 is 0 Å². The highest BCUT2D eigenvalue weighted by Gasteiger charge is 2.31. The van der Waals surface area contributed by atoms with Crippen molar-refractivity contribution in [2.75, 3.05) is 13.1 Å². The van der Waals surface area contributed by atoms with Gasteiger partial charge in [-0.3, -0.25) is 4.90 Å². The van der Waals surface area contributed by atoms with Gasteiger partial charge in [-0.05, 0) is 39.2 Å². The maximum absolute atomic E-state index is 4.36. The first-order chi connectivity index (χ1) is 8.33. The third-order valence-corrected chi connectivity index (χ3v) is 4.79. The fraction of sp³-hybridized carbons (Fsp3) is 0.769. The van der Waals surface area contributed by atoms with E-state index in [1.807, 2.05) is 16.8 Å². The first-order valence-corrected chi connectivity index (χ1v) is 7.57. The molecular weight excluding hydrogens is 266 g/mol. The van der Waals surface area contributed by atoms with Gasteiger partial charge in [-0.2, -0.15) is 0 Å². The van der Waals surface area contributed by atoms with E-state index < -0.39 is 0 Å². The number of hydrogen-bond acceptors (Lipinski definition) is 4. The van der Waals surface area contributed by atoms with Crippen molar-refractivity contribution in [3.8, 4) is 0 Å². The average Bonchev–Trinajstić information content (AvgIpc) is 2.91. The molecule has 1 aliphatic carbocycles. The molecule has 1 aromatic rings. The highest BCUT2D eigenvalue weighted by Crippen LogP contribution is 2.30. The summed E-state index contributed by atoms with van der Waals surface area (Å²) < 4.78 is 0. The maximum atomic E-state index is 4.36. The fourth-order valence-electron chi connectivity index (χ4n) is 2.64. The van der Waals surface area contributed by atoms with E-state index in [9.17, 15) is 0 Å². The standard InChI is InChI=1S/C13H21N3S.ClH/c1-10-13(17-9-15-10)8-16(12-4-5-12)7-11-3-2-6-14-11;/h9,11-12,14H,2-8H2,1H3;1H. The van der Waals surface area contributed by atoms with Crippen molar-refractivity contribution in [2.45, 2.75) is 51.2 Å². The van der Waals surface area contributed by atoms with Gasteiger partial charge < -0.3 is 5.32 Å². The van der Waals surface area contributed by atoms with Crippen molar-refractivity contribution in [1.82, 2.24) is 15.2 Å². The molecule has 0 amide bonds. The summed E-state index contributed by atoms with van der Waals surface area (Å²) in [5, 5.41) is 3.61. The molecule has 5 heteroatoms. The Balaban J connectivity index is 0.00000120. The van der Waals surface area contributed by atoms with Crippen molar-refractivity contribution in [1.29, 1.82) is 0 Å². The number of nitrogens with zero attached hydrogens (tertiary/aromatic N) is 2. The van der Waals surface area contributed by atoms with Crippen molar-refractivity contribution in [2.24, 2.45) is 0 Å². The number of hydrogen-bond donors (Lipinski definition) is 1. The van der Waals surface area contributed by atoms with Crippen molar-refractivity contribution in [3.63, 3.8) is 0 Å². The summed E-state index contributed by atoms with van der Waals surface area (Å²) in [5.41, 5.74) is 3.20. The molecule has 102 valence electrons. The van der Waals surface area contributed by atoms with E-state index in [0.29, 0.717) is 0 Å². The second-order valence-electron chi connectivity index (χ2n) is 5.31. The summed E-state index contributed by atoms with van der Waals surface area (Å²) in [6.07, 6.45) is 5.49. The smallest absolute Gasteiger partial charge is 0.0798 e. The van der Waals surface area contributed by atoms with Crippen LogP contribution in [0.4, 0.5) is 0 Å². The Bertz CT molecular complexity index is 372. The topological polar surface area (TPSA) is 28.2 Å². The molecule has 1 aromatic heterocycles. The molecule has 1 aliphatic heterocycles. The van der Waals surface area contributed by atoms with E-state index in [1.165, 1.54) is 49.3 Å². The highest BCUT2D eigenvalue weighted by molar-refractivity contribution is 7.09. The molecule has 3 nitrogen and oxygen atoms in total. The van der Waals surface area contributed by atoms with Crippen LogP contribution >= 0.6 is 23.7 Å². The first-order valence-electron chi connectivity index (χ1n) is 6.69. The third kappa shape index (κ3) is 3.44. The van der Waals surface area contributed by atoms with E-state index in [-0.39, 0.29) is 12.4 Å². The number of rotatable bonds is 5. The largest absolute Gasteiger partial charge is 0.313 e. The minimum atomic E-state index is 0. The summed E-state index contributed by atoms with van der Waals surface area (Å²) in [5.74, 6) is 0. The number of aromatic nitrogens is 1. The maximum Gasteiger partial charge on any atom is 0.0798 e. The van der Waals surface area contributed by atoms with Crippen LogP contribution < -0.4 is 5.32 Å². The monoisotopic (exact) mass is 287 g/mol. The SMILES string of the molecule is Cc1ncsc1CN(CC1CCCN1)C1CC1.Cl. The quantitative estimate of drug-likeness (QED) is 0.902. The normalized spacial score (nSPS) is 23.3. The summed E-state index contributed by atoms with van der Waals surface area (Å²) in [6.45, 7) is 5.68. The zero-order valence-corrected chi connectivity index (χ0v) is 12.5. The van der Waals surface area contributed by atoms with E-state index in [2.05, 4.69) is 22.1 Å². The third-order valence-electron chi connectivity index (χ3n) is 3.87. The van der Waals surface area contributed by atoms with Gasteiger partial charge in [-0.1, -0.05) is 0 Å². The van der Waals surface area contributed by atoms with Crippen LogP contribution in [0.2, 0.25) is 0 Å². The van der Waals surface area contributed by atoms with E-state index in [1.54, 1.807) is 0 Å². The lowest BCUT2D eigenvalue weighted by molar-refractivity contribution is 0.232. The average molecular weight is 288 g/mol. The molecule has 18 heavy (non-hydrogen) atoms. The molecule has 1 unspecified atom stereocenters. The second-order valence-corrected chi connectivity index (χ2v) is 6.25. The van der Waals surface area contributed by atoms with Crippen molar-refractivity contribution >= 4 is 23.7 Å². The zero-order chi connectivity index (χ0) is 11.7. The Morgan fingerprint density at radius 1 is 1.44 bits per heavy atom. The lowest BCUT2D eigenvalue weighted by Gasteiger charge is -2.25. The van der Waals surface area contributed by atoms with E-state index in [0.717, 1.165) is 18.6 Å². The molecule has 1 saturated carbocycles. The van der Waals surface area contributed by atoms with Gasteiger partial charge in [0.1, 0.15) is 0 Å². The Morgan fingerprint density at radius 2 is 2.28 bits per heavy atom. The molecule has 0 spiro atoms. The number of aryl methyl sites for hydroxylation is 1. The summed E-state index contributed by atoms with van der Waals surface area (Å²) in [7, 11) is 0. The lowest BCUT2D eigenvalue weighted by Crippen LogP contribution is -2.38. The molecule has 0 radical (unpaired) electrons. The summed E-state index contributed by atoms with van der Waals surface area (Å²) >= 11 is 1.81. The summed E-state index contributed by atoms with van der Waals surface area (Å²) in [6, 6.07) is 1.57. The van der Waals surface area contributed by atoms with Gasteiger partial charge in [-0.25, -0.2) is 4.98 Å². The molecule has 1 saturated heterocycles. The molecule has 1 atom stereocenters. The van der Waals surface area contributed by atoms with Crippen molar-refractivity contribution in [3.05, 3.63) is 16.1 Å². The lowest BCUT2D eigenvalue weighted by atomic mass is 10.2. The predicted octanol–water partition coefficient (Wildman–Crippen LogP) is 2.59. The molecule has 2 heterocycles. The highest BCUT2D eigenvalue weighted by atomic mass is 35.5. The van der Waals surface area contributed by atoms with Crippen LogP contribution in [0.1, 0.15) is 36.3 Å². The second kappa shape index (κ2) is 6.33. The van der Waals surface area contributed by atoms with E-state index >= 15 is 0 Å². The minimum absolute atomic E-state index is 0. The predicted molar refractivity (Wildman–Crippen MR) is 78.6 cm³/mol. The van der Waals surface area contributed by atoms with Crippen LogP contribution in [0.15, 0.2) is 5.51 Å². The van der Waals surface area contributed by atoms with Gasteiger partial charge in [-0.15, -0.1) is 23.7 Å². The van der Waals surface area contributed by atoms with Crippen LogP contribution in [0, 0.1) is 6.92 Å². The molecule has 1 N–H and O–H groups in total. The van der Waals surface area contributed by atoms with Crippen LogP contribution in [0.5, 0.6) is 0 Å². The van der Waals surface area contributed by atoms with Crippen LogP contribution in [0.3, 0.4) is 0 Å². The minimum Gasteiger partial charge on any atom is -0.313 e. The Labute approximate surface area is 119 Å². The number of nitrogens with one attached hydrogen (secondary N) is 1. The van der Waals surface area contributed by atoms with Gasteiger partial charge in [0.05, 0.1) is 11.2 Å². The van der Waals surface area contributed by atoms with Gasteiger partial charge in [0.2, 0.25) is 0 Å². The molecule has 3 rings (SSSR count). The summed E-state index contributed by atoms with van der Waals surface area (Å²) in [4.78, 5) is 8.48. The first kappa shape index (κ1) is 14.3. The van der Waals surface area contributed by atoms with Crippen LogP contribution in [0.25, 0.3) is 0 Å². The number of thiazole rings is 1. The molecular formula is C13H22ClN3S. The Morgan fingerprint density at radius 3 is 2.83 bits per heavy atom. The Hall–Kier alpha value is -0.160. The van der Waals surface area contributed by atoms with Gasteiger partial charge in [0.15, 0.2) is 0 Å². The van der Waals surface area contributed by atoms with Crippen LogP contribution in [-0.4, -0.2) is 35.1 Å². The van der Waals surface area contributed by atoms with Gasteiger partial charge in [0.25, 0.3) is 0 Å². The zero-order valence-electron chi connectivity index (χ0n) is 10.9. The van der Waals surface area contributed by atoms with Gasteiger partial charge >= 0.3 is 0 Å². The van der Waals surface area contributed by atoms with Crippen LogP contribution in [-0.2, 0) is 6.54 Å². The molecule has 2 aliphatic rings. The fourth-order valence-corrected chi connectivity index (χ4v) is 3.44. The molecule has 0 aromatic carbocycles.